The summed E-state index contributed by atoms with van der Waals surface area (Å²) < 4.78 is 12.7. The van der Waals surface area contributed by atoms with E-state index in [1.807, 2.05) is 37.3 Å². The predicted molar refractivity (Wildman–Crippen MR) is 108 cm³/mol. The van der Waals surface area contributed by atoms with E-state index in [-0.39, 0.29) is 12.5 Å². The molecule has 26 heavy (non-hydrogen) atoms. The third-order valence-corrected chi connectivity index (χ3v) is 4.68. The molecule has 0 N–H and O–H groups in total. The summed E-state index contributed by atoms with van der Waals surface area (Å²) in [6.07, 6.45) is 0.856. The van der Waals surface area contributed by atoms with Crippen molar-refractivity contribution in [2.75, 3.05) is 14.1 Å². The molecule has 0 aliphatic carbocycles. The van der Waals surface area contributed by atoms with Crippen LogP contribution < -0.4 is 4.74 Å². The lowest BCUT2D eigenvalue weighted by atomic mass is 10.0. The zero-order valence-corrected chi connectivity index (χ0v) is 17.1. The number of hydrogen-bond acceptors (Lipinski definition) is 2. The first-order chi connectivity index (χ1) is 12.3. The van der Waals surface area contributed by atoms with E-state index in [1.54, 1.807) is 0 Å². The maximum atomic E-state index is 6.12. The van der Waals surface area contributed by atoms with Crippen LogP contribution >= 0.6 is 0 Å². The average Bonchev–Trinajstić information content (AvgIpc) is 2.56. The van der Waals surface area contributed by atoms with E-state index in [9.17, 15) is 0 Å². The van der Waals surface area contributed by atoms with Gasteiger partial charge in [-0.2, -0.15) is 0 Å². The average molecular weight is 357 g/mol. The highest BCUT2D eigenvalue weighted by molar-refractivity contribution is 5.22. The zero-order valence-electron chi connectivity index (χ0n) is 17.1. The molecule has 2 rings (SSSR count). The highest BCUT2D eigenvalue weighted by atomic mass is 16.7. The van der Waals surface area contributed by atoms with Crippen LogP contribution in [0.5, 0.6) is 5.75 Å². The van der Waals surface area contributed by atoms with Gasteiger partial charge in [0.1, 0.15) is 12.3 Å². The monoisotopic (exact) mass is 356 g/mol. The second-order valence-electron chi connectivity index (χ2n) is 8.09. The number of hydrogen-bond donors (Lipinski definition) is 0. The van der Waals surface area contributed by atoms with Gasteiger partial charge in [0.15, 0.2) is 6.23 Å². The van der Waals surface area contributed by atoms with Crippen LogP contribution in [-0.2, 0) is 17.7 Å². The summed E-state index contributed by atoms with van der Waals surface area (Å²) in [5.74, 6) is 1.52. The van der Waals surface area contributed by atoms with Gasteiger partial charge in [-0.25, -0.2) is 0 Å². The van der Waals surface area contributed by atoms with E-state index < -0.39 is 0 Å². The lowest BCUT2D eigenvalue weighted by Gasteiger charge is -2.36. The fourth-order valence-electron chi connectivity index (χ4n) is 3.01. The number of ether oxygens (including phenoxy) is 2. The van der Waals surface area contributed by atoms with Gasteiger partial charge in [0.25, 0.3) is 0 Å². The van der Waals surface area contributed by atoms with Gasteiger partial charge in [0.05, 0.1) is 14.1 Å². The van der Waals surface area contributed by atoms with Gasteiger partial charge in [-0.1, -0.05) is 56.3 Å². The SMILES string of the molecule is CC(C)Cc1ccc(C[N+](C)(C)C(C)OC(C)Oc2ccccc2)cc1. The summed E-state index contributed by atoms with van der Waals surface area (Å²) in [5.41, 5.74) is 2.73. The first kappa shape index (κ1) is 20.5. The minimum atomic E-state index is -0.293. The van der Waals surface area contributed by atoms with Gasteiger partial charge in [0, 0.05) is 12.5 Å². The van der Waals surface area contributed by atoms with Gasteiger partial charge < -0.3 is 4.74 Å². The minimum absolute atomic E-state index is 0.0176. The molecule has 0 aliphatic rings. The Hall–Kier alpha value is -1.84. The van der Waals surface area contributed by atoms with E-state index in [1.165, 1.54) is 11.1 Å². The van der Waals surface area contributed by atoms with Crippen molar-refractivity contribution >= 4 is 0 Å². The van der Waals surface area contributed by atoms with Crippen LogP contribution in [-0.4, -0.2) is 31.1 Å². The van der Waals surface area contributed by atoms with E-state index >= 15 is 0 Å². The zero-order chi connectivity index (χ0) is 19.2. The molecule has 0 spiro atoms. The summed E-state index contributed by atoms with van der Waals surface area (Å²) in [4.78, 5) is 0. The summed E-state index contributed by atoms with van der Waals surface area (Å²) in [5, 5.41) is 0. The Morgan fingerprint density at radius 2 is 1.38 bits per heavy atom. The van der Waals surface area contributed by atoms with Crippen molar-refractivity contribution in [3.05, 3.63) is 65.7 Å². The van der Waals surface area contributed by atoms with Crippen molar-refractivity contribution in [1.82, 2.24) is 0 Å². The molecular formula is C23H34NO2+. The van der Waals surface area contributed by atoms with Crippen LogP contribution in [0.1, 0.15) is 38.8 Å². The normalized spacial score (nSPS) is 14.3. The van der Waals surface area contributed by atoms with Gasteiger partial charge in [0.2, 0.25) is 6.29 Å². The maximum Gasteiger partial charge on any atom is 0.202 e. The summed E-state index contributed by atoms with van der Waals surface area (Å²) in [6.45, 7) is 9.49. The lowest BCUT2D eigenvalue weighted by Crippen LogP contribution is -2.49. The quantitative estimate of drug-likeness (QED) is 0.451. The van der Waals surface area contributed by atoms with Gasteiger partial charge >= 0.3 is 0 Å². The van der Waals surface area contributed by atoms with Gasteiger partial charge in [-0.05, 0) is 37.0 Å². The van der Waals surface area contributed by atoms with Crippen LogP contribution in [0.4, 0.5) is 0 Å². The number of nitrogens with zero attached hydrogens (tertiary/aromatic N) is 1. The molecule has 0 amide bonds. The van der Waals surface area contributed by atoms with Crippen molar-refractivity contribution in [2.45, 2.75) is 53.2 Å². The molecule has 142 valence electrons. The highest BCUT2D eigenvalue weighted by Gasteiger charge is 2.27. The van der Waals surface area contributed by atoms with Crippen LogP contribution in [0.25, 0.3) is 0 Å². The summed E-state index contributed by atoms with van der Waals surface area (Å²) in [6, 6.07) is 18.8. The molecule has 0 bridgehead atoms. The molecule has 3 nitrogen and oxygen atoms in total. The highest BCUT2D eigenvalue weighted by Crippen LogP contribution is 2.19. The minimum Gasteiger partial charge on any atom is -0.465 e. The maximum absolute atomic E-state index is 6.12. The van der Waals surface area contributed by atoms with Crippen molar-refractivity contribution in [3.63, 3.8) is 0 Å². The summed E-state index contributed by atoms with van der Waals surface area (Å²) >= 11 is 0. The van der Waals surface area contributed by atoms with Crippen molar-refractivity contribution in [1.29, 1.82) is 0 Å². The topological polar surface area (TPSA) is 18.5 Å². The molecule has 2 aromatic rings. The Morgan fingerprint density at radius 3 is 1.96 bits per heavy atom. The van der Waals surface area contributed by atoms with Crippen molar-refractivity contribution < 1.29 is 14.0 Å². The Kier molecular flexibility index (Phi) is 7.24. The molecule has 0 fully saturated rings. The Balaban J connectivity index is 1.91. The first-order valence-electron chi connectivity index (χ1n) is 9.54. The van der Waals surface area contributed by atoms with E-state index in [4.69, 9.17) is 9.47 Å². The van der Waals surface area contributed by atoms with Crippen LogP contribution in [0.3, 0.4) is 0 Å². The predicted octanol–water partition coefficient (Wildman–Crippen LogP) is 5.25. The number of quaternary nitrogens is 1. The van der Waals surface area contributed by atoms with Gasteiger partial charge in [-0.15, -0.1) is 0 Å². The smallest absolute Gasteiger partial charge is 0.202 e. The van der Waals surface area contributed by atoms with Crippen LogP contribution in [0.2, 0.25) is 0 Å². The van der Waals surface area contributed by atoms with E-state index in [0.717, 1.165) is 23.2 Å². The standard InChI is InChI=1S/C23H34NO2/c1-18(2)16-21-12-14-22(15-13-21)17-24(5,6)19(3)25-20(4)26-23-10-8-7-9-11-23/h7-15,18-20H,16-17H2,1-6H3/q+1. The number of para-hydroxylation sites is 1. The third-order valence-electron chi connectivity index (χ3n) is 4.68. The van der Waals surface area contributed by atoms with Crippen molar-refractivity contribution in [3.8, 4) is 5.75 Å². The molecule has 2 unspecified atom stereocenters. The van der Waals surface area contributed by atoms with Crippen LogP contribution in [0, 0.1) is 5.92 Å². The van der Waals surface area contributed by atoms with E-state index in [2.05, 4.69) is 59.1 Å². The Labute approximate surface area is 159 Å². The van der Waals surface area contributed by atoms with Crippen molar-refractivity contribution in [2.24, 2.45) is 5.92 Å². The molecule has 2 atom stereocenters. The fourth-order valence-corrected chi connectivity index (χ4v) is 3.01. The molecular weight excluding hydrogens is 322 g/mol. The van der Waals surface area contributed by atoms with Gasteiger partial charge in [-0.3, -0.25) is 9.22 Å². The Morgan fingerprint density at radius 1 is 0.808 bits per heavy atom. The number of benzene rings is 2. The third kappa shape index (κ3) is 6.47. The summed E-state index contributed by atoms with van der Waals surface area (Å²) in [7, 11) is 4.39. The molecule has 0 radical (unpaired) electrons. The Bertz CT molecular complexity index is 650. The first-order valence-corrected chi connectivity index (χ1v) is 9.54. The molecule has 3 heteroatoms. The molecule has 0 saturated heterocycles. The largest absolute Gasteiger partial charge is 0.465 e. The van der Waals surface area contributed by atoms with E-state index in [0.29, 0.717) is 5.92 Å². The van der Waals surface area contributed by atoms with Crippen LogP contribution in [0.15, 0.2) is 54.6 Å². The molecule has 0 saturated carbocycles. The molecule has 0 aromatic heterocycles. The molecule has 2 aromatic carbocycles. The number of rotatable bonds is 9. The second-order valence-corrected chi connectivity index (χ2v) is 8.09. The fraction of sp³-hybridized carbons (Fsp3) is 0.478. The molecule has 0 aliphatic heterocycles. The molecule has 0 heterocycles. The lowest BCUT2D eigenvalue weighted by molar-refractivity contribution is -0.949. The second kappa shape index (κ2) is 9.20.